The van der Waals surface area contributed by atoms with Crippen molar-refractivity contribution >= 4 is 11.8 Å². The fraction of sp³-hybridized carbons (Fsp3) is 0.333. The predicted octanol–water partition coefficient (Wildman–Crippen LogP) is 1.43. The lowest BCUT2D eigenvalue weighted by Gasteiger charge is -2.20. The van der Waals surface area contributed by atoms with Gasteiger partial charge in [-0.15, -0.1) is 10.2 Å². The van der Waals surface area contributed by atoms with Crippen LogP contribution >= 0.6 is 0 Å². The Labute approximate surface area is 127 Å². The molecule has 0 aliphatic heterocycles. The molecule has 1 unspecified atom stereocenters. The molecule has 0 fully saturated rings. The highest BCUT2D eigenvalue weighted by molar-refractivity contribution is 5.89. The lowest BCUT2D eigenvalue weighted by Crippen LogP contribution is -2.42. The third-order valence-corrected chi connectivity index (χ3v) is 2.95. The monoisotopic (exact) mass is 302 g/mol. The number of nitrogens with one attached hydrogen (secondary N) is 1. The number of amides is 2. The van der Waals surface area contributed by atoms with Gasteiger partial charge in [-0.2, -0.15) is 0 Å². The highest BCUT2D eigenvalue weighted by Crippen LogP contribution is 2.22. The van der Waals surface area contributed by atoms with Gasteiger partial charge in [0.25, 0.3) is 0 Å². The topological polar surface area (TPSA) is 111 Å². The van der Waals surface area contributed by atoms with Crippen molar-refractivity contribution in [1.29, 1.82) is 0 Å². The molecule has 0 saturated heterocycles. The van der Waals surface area contributed by atoms with Crippen LogP contribution in [0, 0.1) is 5.41 Å². The summed E-state index contributed by atoms with van der Waals surface area (Å²) in [6.45, 7) is 5.18. The van der Waals surface area contributed by atoms with Gasteiger partial charge in [-0.3, -0.25) is 9.59 Å². The van der Waals surface area contributed by atoms with E-state index in [2.05, 4.69) is 15.5 Å². The van der Waals surface area contributed by atoms with Gasteiger partial charge in [-0.1, -0.05) is 39.0 Å². The standard InChI is InChI=1S/C15H18N4O3/c1-15(2,3)14(21)17-10(11(16)20)13-19-18-12(22-13)9-7-5-4-6-8-9/h4-8,10H,1-3H3,(H2,16,20)(H,17,21). The zero-order chi connectivity index (χ0) is 16.3. The van der Waals surface area contributed by atoms with E-state index in [1.54, 1.807) is 32.9 Å². The molecule has 2 aromatic rings. The second-order valence-electron chi connectivity index (χ2n) is 5.87. The molecule has 0 spiro atoms. The van der Waals surface area contributed by atoms with Crippen molar-refractivity contribution in [2.24, 2.45) is 11.1 Å². The first kappa shape index (κ1) is 15.7. The second kappa shape index (κ2) is 5.97. The molecular formula is C15H18N4O3. The zero-order valence-corrected chi connectivity index (χ0v) is 12.7. The Kier molecular flexibility index (Phi) is 4.25. The van der Waals surface area contributed by atoms with Gasteiger partial charge in [0.15, 0.2) is 6.04 Å². The van der Waals surface area contributed by atoms with Gasteiger partial charge in [-0.25, -0.2) is 0 Å². The molecule has 1 heterocycles. The molecule has 1 aromatic heterocycles. The van der Waals surface area contributed by atoms with Crippen LogP contribution in [0.25, 0.3) is 11.5 Å². The molecule has 0 radical (unpaired) electrons. The Morgan fingerprint density at radius 2 is 1.82 bits per heavy atom. The molecule has 3 N–H and O–H groups in total. The summed E-state index contributed by atoms with van der Waals surface area (Å²) in [6.07, 6.45) is 0. The number of carbonyl (C=O) groups excluding carboxylic acids is 2. The molecule has 7 heteroatoms. The van der Waals surface area contributed by atoms with E-state index >= 15 is 0 Å². The first-order valence-electron chi connectivity index (χ1n) is 6.78. The molecule has 22 heavy (non-hydrogen) atoms. The van der Waals surface area contributed by atoms with Crippen molar-refractivity contribution in [3.63, 3.8) is 0 Å². The average molecular weight is 302 g/mol. The van der Waals surface area contributed by atoms with Crippen molar-refractivity contribution in [3.05, 3.63) is 36.2 Å². The summed E-state index contributed by atoms with van der Waals surface area (Å²) in [6, 6.07) is 7.94. The summed E-state index contributed by atoms with van der Waals surface area (Å²) in [5, 5.41) is 10.2. The van der Waals surface area contributed by atoms with E-state index in [1.807, 2.05) is 18.2 Å². The number of aromatic nitrogens is 2. The van der Waals surface area contributed by atoms with Gasteiger partial charge in [0, 0.05) is 11.0 Å². The van der Waals surface area contributed by atoms with Crippen molar-refractivity contribution in [3.8, 4) is 11.5 Å². The highest BCUT2D eigenvalue weighted by Gasteiger charge is 2.31. The number of carbonyl (C=O) groups is 2. The predicted molar refractivity (Wildman–Crippen MR) is 79.3 cm³/mol. The number of benzene rings is 1. The van der Waals surface area contributed by atoms with Crippen LogP contribution in [0.3, 0.4) is 0 Å². The number of nitrogens with zero attached hydrogens (tertiary/aromatic N) is 2. The maximum atomic E-state index is 12.0. The zero-order valence-electron chi connectivity index (χ0n) is 12.7. The summed E-state index contributed by atoms with van der Waals surface area (Å²) in [5.41, 5.74) is 5.37. The molecule has 2 rings (SSSR count). The second-order valence-corrected chi connectivity index (χ2v) is 5.87. The van der Waals surface area contributed by atoms with Crippen molar-refractivity contribution in [1.82, 2.24) is 15.5 Å². The fourth-order valence-electron chi connectivity index (χ4n) is 1.65. The number of hydrogen-bond donors (Lipinski definition) is 2. The molecule has 116 valence electrons. The Morgan fingerprint density at radius 3 is 2.36 bits per heavy atom. The minimum absolute atomic E-state index is 0.0380. The third-order valence-electron chi connectivity index (χ3n) is 2.95. The molecular weight excluding hydrogens is 284 g/mol. The normalized spacial score (nSPS) is 12.7. The Balaban J connectivity index is 2.26. The van der Waals surface area contributed by atoms with Gasteiger partial charge < -0.3 is 15.5 Å². The summed E-state index contributed by atoms with van der Waals surface area (Å²) in [7, 11) is 0. The largest absolute Gasteiger partial charge is 0.418 e. The number of rotatable bonds is 4. The summed E-state index contributed by atoms with van der Waals surface area (Å²) in [4.78, 5) is 23.6. The fourth-order valence-corrected chi connectivity index (χ4v) is 1.65. The van der Waals surface area contributed by atoms with Crippen molar-refractivity contribution in [2.45, 2.75) is 26.8 Å². The number of nitrogens with two attached hydrogens (primary N) is 1. The van der Waals surface area contributed by atoms with Gasteiger partial charge in [0.05, 0.1) is 0 Å². The van der Waals surface area contributed by atoms with E-state index in [1.165, 1.54) is 0 Å². The van der Waals surface area contributed by atoms with E-state index in [0.29, 0.717) is 5.56 Å². The maximum Gasteiger partial charge on any atom is 0.249 e. The highest BCUT2D eigenvalue weighted by atomic mass is 16.4. The molecule has 0 saturated carbocycles. The van der Waals surface area contributed by atoms with Crippen LogP contribution in [-0.4, -0.2) is 22.0 Å². The first-order valence-corrected chi connectivity index (χ1v) is 6.78. The lowest BCUT2D eigenvalue weighted by molar-refractivity contribution is -0.133. The molecule has 0 bridgehead atoms. The Bertz CT molecular complexity index is 674. The van der Waals surface area contributed by atoms with Crippen LogP contribution in [0.2, 0.25) is 0 Å². The van der Waals surface area contributed by atoms with Crippen LogP contribution in [0.1, 0.15) is 32.7 Å². The minimum atomic E-state index is -1.16. The van der Waals surface area contributed by atoms with E-state index in [4.69, 9.17) is 10.2 Å². The van der Waals surface area contributed by atoms with Crippen LogP contribution in [-0.2, 0) is 9.59 Å². The average Bonchev–Trinajstić information content (AvgIpc) is 2.93. The van der Waals surface area contributed by atoms with Gasteiger partial charge >= 0.3 is 0 Å². The SMILES string of the molecule is CC(C)(C)C(=O)NC(C(N)=O)c1nnc(-c2ccccc2)o1. The van der Waals surface area contributed by atoms with Gasteiger partial charge in [-0.05, 0) is 12.1 Å². The minimum Gasteiger partial charge on any atom is -0.418 e. The number of hydrogen-bond acceptors (Lipinski definition) is 5. The summed E-state index contributed by atoms with van der Waals surface area (Å²) in [5.74, 6) is -0.882. The van der Waals surface area contributed by atoms with E-state index in [-0.39, 0.29) is 17.7 Å². The summed E-state index contributed by atoms with van der Waals surface area (Å²) < 4.78 is 5.47. The van der Waals surface area contributed by atoms with E-state index < -0.39 is 17.4 Å². The maximum absolute atomic E-state index is 12.0. The van der Waals surface area contributed by atoms with Crippen molar-refractivity contribution in [2.75, 3.05) is 0 Å². The Morgan fingerprint density at radius 1 is 1.18 bits per heavy atom. The van der Waals surface area contributed by atoms with E-state index in [9.17, 15) is 9.59 Å². The molecule has 0 aliphatic carbocycles. The van der Waals surface area contributed by atoms with Crippen molar-refractivity contribution < 1.29 is 14.0 Å². The molecule has 7 nitrogen and oxygen atoms in total. The molecule has 1 atom stereocenters. The van der Waals surface area contributed by atoms with Crippen LogP contribution in [0.4, 0.5) is 0 Å². The van der Waals surface area contributed by atoms with Crippen LogP contribution in [0.5, 0.6) is 0 Å². The quantitative estimate of drug-likeness (QED) is 0.887. The summed E-state index contributed by atoms with van der Waals surface area (Å²) >= 11 is 0. The van der Waals surface area contributed by atoms with Gasteiger partial charge in [0.2, 0.25) is 23.6 Å². The van der Waals surface area contributed by atoms with E-state index in [0.717, 1.165) is 0 Å². The van der Waals surface area contributed by atoms with Crippen LogP contribution in [0.15, 0.2) is 34.7 Å². The van der Waals surface area contributed by atoms with Crippen LogP contribution < -0.4 is 11.1 Å². The first-order chi connectivity index (χ1) is 10.3. The van der Waals surface area contributed by atoms with Gasteiger partial charge in [0.1, 0.15) is 0 Å². The Hall–Kier alpha value is -2.70. The smallest absolute Gasteiger partial charge is 0.249 e. The third kappa shape index (κ3) is 3.49. The molecule has 0 aliphatic rings. The number of primary amides is 1. The molecule has 1 aromatic carbocycles. The molecule has 2 amide bonds. The lowest BCUT2D eigenvalue weighted by atomic mass is 9.95.